The Hall–Kier alpha value is -3.61. The molecule has 0 aliphatic carbocycles. The second-order valence-corrected chi connectivity index (χ2v) is 9.32. The van der Waals surface area contributed by atoms with E-state index >= 15 is 0 Å². The summed E-state index contributed by atoms with van der Waals surface area (Å²) in [5, 5.41) is 0. The van der Waals surface area contributed by atoms with E-state index in [2.05, 4.69) is 17.0 Å². The molecule has 0 spiro atoms. The van der Waals surface area contributed by atoms with E-state index in [-0.39, 0.29) is 42.8 Å². The van der Waals surface area contributed by atoms with Gasteiger partial charge in [0, 0.05) is 51.1 Å². The number of piperidine rings is 1. The topological polar surface area (TPSA) is 76.2 Å². The van der Waals surface area contributed by atoms with Crippen molar-refractivity contribution in [3.63, 3.8) is 0 Å². The molecule has 2 aromatic rings. The highest BCUT2D eigenvalue weighted by Gasteiger charge is 2.38. The number of allylic oxidation sites excluding steroid dienone is 1. The van der Waals surface area contributed by atoms with E-state index in [1.807, 2.05) is 54.7 Å². The normalized spacial score (nSPS) is 22.1. The lowest BCUT2D eigenvalue weighted by Gasteiger charge is -2.44. The monoisotopic (exact) mass is 476 g/mol. The van der Waals surface area contributed by atoms with Crippen molar-refractivity contribution in [3.05, 3.63) is 84.1 Å². The number of esters is 1. The maximum absolute atomic E-state index is 13.0. The van der Waals surface area contributed by atoms with E-state index < -0.39 is 6.09 Å². The van der Waals surface area contributed by atoms with Crippen LogP contribution in [0.4, 0.5) is 4.79 Å². The number of benzene rings is 2. The Morgan fingerprint density at radius 1 is 0.943 bits per heavy atom. The third-order valence-electron chi connectivity index (χ3n) is 6.60. The quantitative estimate of drug-likeness (QED) is 0.558. The predicted octanol–water partition coefficient (Wildman–Crippen LogP) is 4.18. The Labute approximate surface area is 206 Å². The van der Waals surface area contributed by atoms with Gasteiger partial charge in [0.25, 0.3) is 0 Å². The van der Waals surface area contributed by atoms with Crippen LogP contribution in [0.25, 0.3) is 0 Å². The van der Waals surface area contributed by atoms with Gasteiger partial charge in [0.1, 0.15) is 6.61 Å². The highest BCUT2D eigenvalue weighted by atomic mass is 16.6. The zero-order valence-electron chi connectivity index (χ0n) is 20.0. The first-order valence-electron chi connectivity index (χ1n) is 12.1. The Kier molecular flexibility index (Phi) is 8.19. The van der Waals surface area contributed by atoms with Gasteiger partial charge in [0.05, 0.1) is 6.61 Å². The molecule has 1 unspecified atom stereocenters. The van der Waals surface area contributed by atoms with Gasteiger partial charge in [-0.2, -0.15) is 0 Å². The maximum atomic E-state index is 13.0. The minimum atomic E-state index is -0.390. The minimum absolute atomic E-state index is 0.0264. The van der Waals surface area contributed by atoms with E-state index in [1.54, 1.807) is 11.0 Å². The molecule has 7 heteroatoms. The molecule has 7 nitrogen and oxygen atoms in total. The summed E-state index contributed by atoms with van der Waals surface area (Å²) in [5.74, 6) is -0.251. The lowest BCUT2D eigenvalue weighted by atomic mass is 9.81. The SMILES string of the molecule is CC(=O)OC[C@@H]1C[C@H](C2CC(=O)C=CN2Cc2ccccc2)CN(C(=O)OCc2ccccc2)C1. The molecule has 0 aromatic heterocycles. The molecule has 1 amide bonds. The summed E-state index contributed by atoms with van der Waals surface area (Å²) >= 11 is 0. The largest absolute Gasteiger partial charge is 0.466 e. The highest BCUT2D eigenvalue weighted by Crippen LogP contribution is 2.32. The van der Waals surface area contributed by atoms with Gasteiger partial charge in [0.2, 0.25) is 0 Å². The number of ketones is 1. The number of rotatable bonds is 7. The van der Waals surface area contributed by atoms with Crippen molar-refractivity contribution in [3.8, 4) is 0 Å². The first-order chi connectivity index (χ1) is 17.0. The molecule has 4 rings (SSSR count). The van der Waals surface area contributed by atoms with E-state index in [0.29, 0.717) is 26.1 Å². The molecular weight excluding hydrogens is 444 g/mol. The average Bonchev–Trinajstić information content (AvgIpc) is 2.88. The number of ether oxygens (including phenoxy) is 2. The lowest BCUT2D eigenvalue weighted by Crippen LogP contribution is -2.52. The van der Waals surface area contributed by atoms with Crippen LogP contribution in [-0.2, 0) is 32.2 Å². The Morgan fingerprint density at radius 2 is 1.63 bits per heavy atom. The molecule has 35 heavy (non-hydrogen) atoms. The van der Waals surface area contributed by atoms with Crippen molar-refractivity contribution < 1.29 is 23.9 Å². The van der Waals surface area contributed by atoms with E-state index in [1.165, 1.54) is 6.92 Å². The molecule has 0 saturated carbocycles. The molecular formula is C28H32N2O5. The summed E-state index contributed by atoms with van der Waals surface area (Å²) in [6, 6.07) is 19.6. The van der Waals surface area contributed by atoms with Crippen LogP contribution in [-0.4, -0.2) is 53.4 Å². The molecule has 2 aromatic carbocycles. The number of hydrogen-bond acceptors (Lipinski definition) is 6. The van der Waals surface area contributed by atoms with E-state index in [0.717, 1.165) is 17.5 Å². The number of carbonyl (C=O) groups is 3. The molecule has 1 saturated heterocycles. The third kappa shape index (κ3) is 6.94. The van der Waals surface area contributed by atoms with Gasteiger partial charge in [0.15, 0.2) is 5.78 Å². The van der Waals surface area contributed by atoms with Gasteiger partial charge in [-0.15, -0.1) is 0 Å². The summed E-state index contributed by atoms with van der Waals surface area (Å²) in [6.45, 7) is 3.44. The van der Waals surface area contributed by atoms with Crippen molar-refractivity contribution in [2.24, 2.45) is 11.8 Å². The predicted molar refractivity (Wildman–Crippen MR) is 131 cm³/mol. The fourth-order valence-electron chi connectivity index (χ4n) is 4.92. The molecule has 3 atom stereocenters. The van der Waals surface area contributed by atoms with Crippen LogP contribution >= 0.6 is 0 Å². The summed E-state index contributed by atoms with van der Waals surface area (Å²) in [6.07, 6.45) is 4.26. The van der Waals surface area contributed by atoms with Gasteiger partial charge < -0.3 is 19.3 Å². The van der Waals surface area contributed by atoms with Crippen molar-refractivity contribution in [2.45, 2.75) is 39.0 Å². The van der Waals surface area contributed by atoms with Gasteiger partial charge in [-0.25, -0.2) is 4.79 Å². The Morgan fingerprint density at radius 3 is 2.31 bits per heavy atom. The van der Waals surface area contributed by atoms with Gasteiger partial charge in [-0.3, -0.25) is 9.59 Å². The van der Waals surface area contributed by atoms with Crippen LogP contribution in [0.1, 0.15) is 30.9 Å². The first kappa shape index (κ1) is 24.5. The number of likely N-dealkylation sites (tertiary alicyclic amines) is 1. The van der Waals surface area contributed by atoms with Gasteiger partial charge in [-0.05, 0) is 29.5 Å². The third-order valence-corrected chi connectivity index (χ3v) is 6.60. The van der Waals surface area contributed by atoms with Crippen LogP contribution < -0.4 is 0 Å². The molecule has 2 aliphatic rings. The summed E-state index contributed by atoms with van der Waals surface area (Å²) in [5.41, 5.74) is 2.07. The Balaban J connectivity index is 1.49. The minimum Gasteiger partial charge on any atom is -0.466 e. The van der Waals surface area contributed by atoms with Crippen LogP contribution in [0.15, 0.2) is 72.9 Å². The lowest BCUT2D eigenvalue weighted by molar-refractivity contribution is -0.143. The van der Waals surface area contributed by atoms with Gasteiger partial charge >= 0.3 is 12.1 Å². The first-order valence-corrected chi connectivity index (χ1v) is 12.1. The van der Waals surface area contributed by atoms with Crippen LogP contribution in [0.3, 0.4) is 0 Å². The molecule has 184 valence electrons. The van der Waals surface area contributed by atoms with Crippen LogP contribution in [0, 0.1) is 11.8 Å². The summed E-state index contributed by atoms with van der Waals surface area (Å²) in [7, 11) is 0. The second-order valence-electron chi connectivity index (χ2n) is 9.32. The van der Waals surface area contributed by atoms with Crippen molar-refractivity contribution in [1.82, 2.24) is 9.80 Å². The Bertz CT molecular complexity index is 1040. The summed E-state index contributed by atoms with van der Waals surface area (Å²) < 4.78 is 10.9. The smallest absolute Gasteiger partial charge is 0.410 e. The number of amides is 1. The highest BCUT2D eigenvalue weighted by molar-refractivity contribution is 5.90. The molecule has 2 heterocycles. The van der Waals surface area contributed by atoms with Crippen molar-refractivity contribution in [2.75, 3.05) is 19.7 Å². The maximum Gasteiger partial charge on any atom is 0.410 e. The molecule has 2 aliphatic heterocycles. The van der Waals surface area contributed by atoms with E-state index in [9.17, 15) is 14.4 Å². The zero-order chi connectivity index (χ0) is 24.6. The average molecular weight is 477 g/mol. The number of carbonyl (C=O) groups excluding carboxylic acids is 3. The molecule has 0 N–H and O–H groups in total. The molecule has 1 fully saturated rings. The number of hydrogen-bond donors (Lipinski definition) is 0. The van der Waals surface area contributed by atoms with Gasteiger partial charge in [-0.1, -0.05) is 60.7 Å². The van der Waals surface area contributed by atoms with Crippen LogP contribution in [0.5, 0.6) is 0 Å². The zero-order valence-corrected chi connectivity index (χ0v) is 20.0. The fourth-order valence-corrected chi connectivity index (χ4v) is 4.92. The van der Waals surface area contributed by atoms with Crippen molar-refractivity contribution >= 4 is 17.8 Å². The second kappa shape index (κ2) is 11.7. The van der Waals surface area contributed by atoms with Crippen molar-refractivity contribution in [1.29, 1.82) is 0 Å². The fraction of sp³-hybridized carbons (Fsp3) is 0.393. The standard InChI is InChI=1S/C28H32N2O5/c1-21(31)34-20-24-14-25(18-30(17-24)28(33)35-19-23-10-6-3-7-11-23)27-15-26(32)12-13-29(27)16-22-8-4-2-5-9-22/h2-13,24-25,27H,14-20H2,1H3/t24-,25+,27?/m1/s1. The number of nitrogens with zero attached hydrogens (tertiary/aromatic N) is 2. The summed E-state index contributed by atoms with van der Waals surface area (Å²) in [4.78, 5) is 40.8. The molecule has 0 bridgehead atoms. The van der Waals surface area contributed by atoms with Crippen LogP contribution in [0.2, 0.25) is 0 Å². The van der Waals surface area contributed by atoms with E-state index in [4.69, 9.17) is 9.47 Å². The molecule has 0 radical (unpaired) electrons.